The van der Waals surface area contributed by atoms with E-state index in [-0.39, 0.29) is 6.10 Å². The van der Waals surface area contributed by atoms with Crippen molar-refractivity contribution >= 4 is 22.0 Å². The van der Waals surface area contributed by atoms with E-state index in [1.54, 1.807) is 3.58 Å². The van der Waals surface area contributed by atoms with Crippen molar-refractivity contribution in [2.75, 3.05) is 6.54 Å². The third-order valence-electron chi connectivity index (χ3n) is 6.34. The van der Waals surface area contributed by atoms with Crippen molar-refractivity contribution in [3.63, 3.8) is 0 Å². The van der Waals surface area contributed by atoms with Gasteiger partial charge in [0.2, 0.25) is 0 Å². The van der Waals surface area contributed by atoms with E-state index in [9.17, 15) is 0 Å². The number of pyridine rings is 1. The van der Waals surface area contributed by atoms with Crippen LogP contribution >= 0.6 is 0 Å². The van der Waals surface area contributed by atoms with Gasteiger partial charge in [-0.15, -0.1) is 0 Å². The molecule has 2 heterocycles. The Balaban J connectivity index is 2.21. The van der Waals surface area contributed by atoms with Gasteiger partial charge in [0.05, 0.1) is 0 Å². The fourth-order valence-corrected chi connectivity index (χ4v) is 20.2. The van der Waals surface area contributed by atoms with E-state index in [1.165, 1.54) is 64.7 Å². The molecule has 1 aromatic rings. The Kier molecular flexibility index (Phi) is 10.5. The summed E-state index contributed by atoms with van der Waals surface area (Å²) in [5.74, 6) is 0.999. The second-order valence-electron chi connectivity index (χ2n) is 8.53. The van der Waals surface area contributed by atoms with E-state index in [1.807, 2.05) is 6.20 Å². The van der Waals surface area contributed by atoms with Gasteiger partial charge in [0.25, 0.3) is 0 Å². The Bertz CT molecular complexity index is 509. The van der Waals surface area contributed by atoms with Gasteiger partial charge >= 0.3 is 172 Å². The number of nitrogens with zero attached hydrogens (tertiary/aromatic N) is 1. The summed E-state index contributed by atoms with van der Waals surface area (Å²) >= 11 is -2.41. The molecule has 4 heteroatoms. The number of rotatable bonds is 13. The average Bonchev–Trinajstić information content (AvgIpc) is 3.23. The van der Waals surface area contributed by atoms with Gasteiger partial charge < -0.3 is 0 Å². The molecule has 1 fully saturated rings. The first-order valence-electron chi connectivity index (χ1n) is 11.5. The van der Waals surface area contributed by atoms with Crippen molar-refractivity contribution in [1.82, 2.24) is 10.3 Å². The molecule has 0 saturated carbocycles. The van der Waals surface area contributed by atoms with Gasteiger partial charge in [-0.1, -0.05) is 0 Å². The Morgan fingerprint density at radius 2 is 1.70 bits per heavy atom. The number of aromatic nitrogens is 1. The Morgan fingerprint density at radius 3 is 2.22 bits per heavy atom. The fourth-order valence-electron chi connectivity index (χ4n) is 4.54. The maximum atomic E-state index is 6.36. The van der Waals surface area contributed by atoms with Crippen LogP contribution in [-0.2, 0) is 0 Å². The maximum absolute atomic E-state index is 6.36. The molecule has 2 atom stereocenters. The molecule has 0 spiro atoms. The quantitative estimate of drug-likeness (QED) is 0.370. The first kappa shape index (κ1) is 23.0. The van der Waals surface area contributed by atoms with E-state index in [0.29, 0.717) is 6.04 Å². The molecule has 1 N–H and O–H groups in total. The molecule has 1 aliphatic heterocycles. The molecule has 1 aliphatic rings. The van der Waals surface area contributed by atoms with Gasteiger partial charge in [-0.2, -0.15) is 0 Å². The number of ether oxygens (including phenoxy) is 1. The van der Waals surface area contributed by atoms with Gasteiger partial charge in [0.1, 0.15) is 0 Å². The summed E-state index contributed by atoms with van der Waals surface area (Å²) in [6.45, 7) is 10.3. The summed E-state index contributed by atoms with van der Waals surface area (Å²) in [5, 5.41) is 3.57. The molecule has 0 amide bonds. The van der Waals surface area contributed by atoms with E-state index < -0.39 is 18.4 Å². The molecule has 3 nitrogen and oxygen atoms in total. The monoisotopic (exact) mass is 482 g/mol. The molecule has 1 saturated heterocycles. The van der Waals surface area contributed by atoms with Gasteiger partial charge in [0, 0.05) is 0 Å². The second kappa shape index (κ2) is 12.3. The summed E-state index contributed by atoms with van der Waals surface area (Å²) in [6, 6.07) is 2.89. The zero-order valence-corrected chi connectivity index (χ0v) is 21.1. The normalized spacial score (nSPS) is 18.6. The standard InChI is InChI=1S/C11H15N2O.3C4H9.Sn/c1-9(11-5-3-7-13-11)14-10-4-2-6-12-8-10;3*1-3-4-2;/h4,6,8-9,11,13H,3,5,7H2,1H3;3*1,3-4H2,2H3;/t9?,11-;;;;/m0..../s1. The Morgan fingerprint density at radius 1 is 1.07 bits per heavy atom. The van der Waals surface area contributed by atoms with Crippen LogP contribution in [-0.4, -0.2) is 42.1 Å². The third-order valence-corrected chi connectivity index (χ3v) is 21.8. The zero-order chi connectivity index (χ0) is 19.5. The number of hydrogen-bond donors (Lipinski definition) is 1. The van der Waals surface area contributed by atoms with Crippen LogP contribution < -0.4 is 13.6 Å². The predicted molar refractivity (Wildman–Crippen MR) is 120 cm³/mol. The topological polar surface area (TPSA) is 34.1 Å². The number of unbranched alkanes of at least 4 members (excludes halogenated alkanes) is 3. The van der Waals surface area contributed by atoms with Crippen LogP contribution in [0.3, 0.4) is 0 Å². The summed E-state index contributed by atoms with van der Waals surface area (Å²) < 4.78 is 12.4. The molecular formula is C23H42N2OSn. The first-order valence-corrected chi connectivity index (χ1v) is 19.0. The third kappa shape index (κ3) is 6.92. The van der Waals surface area contributed by atoms with Crippen LogP contribution in [0, 0.1) is 0 Å². The van der Waals surface area contributed by atoms with E-state index >= 15 is 0 Å². The van der Waals surface area contributed by atoms with Gasteiger partial charge in [0.15, 0.2) is 0 Å². The SMILES string of the molecule is CCC[CH2][Sn]([CH2]CCC)([CH2]CCC)[c]1cncc(OC(C)[C@@H]2CCCN2)c1. The van der Waals surface area contributed by atoms with Gasteiger partial charge in [-0.25, -0.2) is 0 Å². The number of nitrogens with one attached hydrogen (secondary N) is 1. The van der Waals surface area contributed by atoms with Crippen LogP contribution in [0.2, 0.25) is 13.3 Å². The number of hydrogen-bond acceptors (Lipinski definition) is 3. The van der Waals surface area contributed by atoms with Crippen LogP contribution in [0.1, 0.15) is 79.1 Å². The molecule has 0 radical (unpaired) electrons. The molecular weight excluding hydrogens is 439 g/mol. The van der Waals surface area contributed by atoms with Gasteiger partial charge in [-0.05, 0) is 0 Å². The molecule has 1 unspecified atom stereocenters. The molecule has 0 aromatic carbocycles. The Labute approximate surface area is 171 Å². The van der Waals surface area contributed by atoms with Crippen molar-refractivity contribution in [3.8, 4) is 5.75 Å². The summed E-state index contributed by atoms with van der Waals surface area (Å²) in [5.41, 5.74) is 0. The fraction of sp³-hybridized carbons (Fsp3) is 0.783. The predicted octanol–water partition coefficient (Wildman–Crippen LogP) is 5.66. The zero-order valence-electron chi connectivity index (χ0n) is 18.2. The first-order chi connectivity index (χ1) is 13.1. The summed E-state index contributed by atoms with van der Waals surface area (Å²) in [4.78, 5) is 4.66. The van der Waals surface area contributed by atoms with Crippen LogP contribution in [0.15, 0.2) is 18.5 Å². The van der Waals surface area contributed by atoms with Crippen molar-refractivity contribution in [1.29, 1.82) is 0 Å². The molecule has 1 aromatic heterocycles. The second-order valence-corrected chi connectivity index (χ2v) is 21.8. The average molecular weight is 481 g/mol. The van der Waals surface area contributed by atoms with Crippen molar-refractivity contribution in [2.45, 2.75) is 105 Å². The minimum absolute atomic E-state index is 0.219. The molecule has 154 valence electrons. The summed E-state index contributed by atoms with van der Waals surface area (Å²) in [6.07, 6.45) is 14.9. The van der Waals surface area contributed by atoms with Crippen molar-refractivity contribution < 1.29 is 4.74 Å². The minimum atomic E-state index is -2.41. The van der Waals surface area contributed by atoms with Crippen LogP contribution in [0.5, 0.6) is 5.75 Å². The van der Waals surface area contributed by atoms with Crippen LogP contribution in [0.4, 0.5) is 0 Å². The van der Waals surface area contributed by atoms with Crippen molar-refractivity contribution in [3.05, 3.63) is 18.5 Å². The molecule has 2 rings (SSSR count). The molecule has 0 aliphatic carbocycles. The van der Waals surface area contributed by atoms with E-state index in [2.05, 4.69) is 50.3 Å². The van der Waals surface area contributed by atoms with E-state index in [4.69, 9.17) is 4.74 Å². The van der Waals surface area contributed by atoms with Crippen LogP contribution in [0.25, 0.3) is 0 Å². The Hall–Kier alpha value is -0.291. The summed E-state index contributed by atoms with van der Waals surface area (Å²) in [7, 11) is 0. The van der Waals surface area contributed by atoms with Gasteiger partial charge in [-0.3, -0.25) is 0 Å². The van der Waals surface area contributed by atoms with Crippen molar-refractivity contribution in [2.24, 2.45) is 0 Å². The molecule has 27 heavy (non-hydrogen) atoms. The van der Waals surface area contributed by atoms with E-state index in [0.717, 1.165) is 12.3 Å². The molecule has 0 bridgehead atoms.